The Kier molecular flexibility index (Phi) is 15.9. The Morgan fingerprint density at radius 2 is 1.18 bits per heavy atom. The summed E-state index contributed by atoms with van der Waals surface area (Å²) >= 11 is 0. The fraction of sp³-hybridized carbons (Fsp3) is 0.958. The summed E-state index contributed by atoms with van der Waals surface area (Å²) in [7, 11) is 0. The largest absolute Gasteiger partial charge is 0.394 e. The van der Waals surface area contributed by atoms with Crippen LogP contribution in [0, 0.1) is 45.3 Å². The predicted molar refractivity (Wildman–Crippen MR) is 235 cm³/mol. The fourth-order valence-electron chi connectivity index (χ4n) is 14.2. The molecule has 0 radical (unpaired) electrons. The van der Waals surface area contributed by atoms with E-state index in [1.165, 1.54) is 5.57 Å². The third-order valence-electron chi connectivity index (χ3n) is 18.7. The van der Waals surface area contributed by atoms with E-state index in [1.54, 1.807) is 13.8 Å². The zero-order chi connectivity index (χ0) is 49.5. The fourth-order valence-corrected chi connectivity index (χ4v) is 14.2. The molecule has 0 bridgehead atoms. The number of ether oxygens (including phenoxy) is 6. The zero-order valence-electron chi connectivity index (χ0n) is 40.3. The van der Waals surface area contributed by atoms with Crippen molar-refractivity contribution in [2.24, 2.45) is 45.3 Å². The monoisotopic (exact) mass is 963 g/mol. The third-order valence-corrected chi connectivity index (χ3v) is 18.7. The molecule has 13 N–H and O–H groups in total. The second-order valence-corrected chi connectivity index (χ2v) is 23.0. The van der Waals surface area contributed by atoms with Crippen LogP contribution in [-0.2, 0) is 28.4 Å². The number of hydrogen-bond acceptors (Lipinski definition) is 19. The van der Waals surface area contributed by atoms with Gasteiger partial charge in [-0.1, -0.05) is 53.2 Å². The van der Waals surface area contributed by atoms with Crippen molar-refractivity contribution in [3.05, 3.63) is 11.6 Å². The Hall–Kier alpha value is -1.02. The Bertz CT molecular complexity index is 1710. The van der Waals surface area contributed by atoms with Gasteiger partial charge in [0.2, 0.25) is 0 Å². The molecule has 3 saturated heterocycles. The summed E-state index contributed by atoms with van der Waals surface area (Å²) in [6.07, 6.45) is -17.3. The number of fused-ring (bicyclic) bond motifs is 5. The van der Waals surface area contributed by atoms with Crippen LogP contribution in [0.3, 0.4) is 0 Å². The minimum Gasteiger partial charge on any atom is -0.394 e. The van der Waals surface area contributed by atoms with E-state index in [4.69, 9.17) is 28.4 Å². The number of rotatable bonds is 14. The normalized spacial score (nSPS) is 51.0. The average Bonchev–Trinajstić information content (AvgIpc) is 3.54. The molecule has 3 saturated carbocycles. The van der Waals surface area contributed by atoms with Crippen molar-refractivity contribution in [3.8, 4) is 0 Å². The maximum absolute atomic E-state index is 12.6. The average molecular weight is 963 g/mol. The lowest BCUT2D eigenvalue weighted by Crippen LogP contribution is -2.65. The summed E-state index contributed by atoms with van der Waals surface area (Å²) in [4.78, 5) is 0. The Morgan fingerprint density at radius 1 is 0.657 bits per heavy atom. The quantitative estimate of drug-likeness (QED) is 0.0924. The summed E-state index contributed by atoms with van der Waals surface area (Å²) in [5, 5.41) is 139. The number of aliphatic hydroxyl groups is 13. The summed E-state index contributed by atoms with van der Waals surface area (Å²) in [6.45, 7) is 14.5. The first kappa shape index (κ1) is 53.8. The van der Waals surface area contributed by atoms with Gasteiger partial charge in [-0.2, -0.15) is 0 Å². The molecule has 3 aliphatic heterocycles. The number of allylic oxidation sites excluding steroid dienone is 1. The van der Waals surface area contributed by atoms with E-state index >= 15 is 0 Å². The molecule has 3 heterocycles. The van der Waals surface area contributed by atoms with E-state index in [1.807, 2.05) is 0 Å². The highest BCUT2D eigenvalue weighted by Gasteiger charge is 2.70. The molecule has 4 aliphatic carbocycles. The van der Waals surface area contributed by atoms with Gasteiger partial charge in [0.15, 0.2) is 18.9 Å². The maximum atomic E-state index is 12.6. The smallest absolute Gasteiger partial charge is 0.187 e. The molecule has 0 amide bonds. The van der Waals surface area contributed by atoms with E-state index in [0.29, 0.717) is 25.7 Å². The second kappa shape index (κ2) is 19.8. The Labute approximate surface area is 393 Å². The molecule has 67 heavy (non-hydrogen) atoms. The van der Waals surface area contributed by atoms with Crippen molar-refractivity contribution in [1.29, 1.82) is 0 Å². The number of aliphatic hydroxyl groups excluding tert-OH is 12. The van der Waals surface area contributed by atoms with Crippen molar-refractivity contribution >= 4 is 0 Å². The molecule has 0 spiro atoms. The second-order valence-electron chi connectivity index (χ2n) is 23.0. The van der Waals surface area contributed by atoms with Gasteiger partial charge in [0.1, 0.15) is 73.2 Å². The molecule has 0 aromatic carbocycles. The molecular formula is C48H82O19. The molecule has 0 aromatic heterocycles. The lowest BCUT2D eigenvalue weighted by Gasteiger charge is -2.67. The van der Waals surface area contributed by atoms with Gasteiger partial charge >= 0.3 is 0 Å². The molecule has 19 nitrogen and oxygen atoms in total. The maximum Gasteiger partial charge on any atom is 0.187 e. The van der Waals surface area contributed by atoms with E-state index < -0.39 is 147 Å². The highest BCUT2D eigenvalue weighted by molar-refractivity contribution is 5.32. The van der Waals surface area contributed by atoms with Crippen LogP contribution in [0.4, 0.5) is 0 Å². The van der Waals surface area contributed by atoms with E-state index in [0.717, 1.165) is 25.7 Å². The molecule has 0 aromatic rings. The van der Waals surface area contributed by atoms with Crippen molar-refractivity contribution < 1.29 is 94.8 Å². The van der Waals surface area contributed by atoms with Crippen LogP contribution in [0.2, 0.25) is 0 Å². The molecule has 0 unspecified atom stereocenters. The minimum atomic E-state index is -1.83. The zero-order valence-corrected chi connectivity index (χ0v) is 40.3. The molecule has 7 aliphatic rings. The first-order valence-electron chi connectivity index (χ1n) is 24.5. The summed E-state index contributed by atoms with van der Waals surface area (Å²) in [5.41, 5.74) is -1.70. The molecule has 388 valence electrons. The minimum absolute atomic E-state index is 0.0500. The van der Waals surface area contributed by atoms with Crippen LogP contribution in [-0.4, -0.2) is 202 Å². The number of hydrogen-bond donors (Lipinski definition) is 13. The first-order valence-corrected chi connectivity index (χ1v) is 24.5. The van der Waals surface area contributed by atoms with Crippen LogP contribution in [0.5, 0.6) is 0 Å². The van der Waals surface area contributed by atoms with Crippen LogP contribution < -0.4 is 0 Å². The van der Waals surface area contributed by atoms with Gasteiger partial charge in [-0.05, 0) is 99.7 Å². The Morgan fingerprint density at radius 3 is 1.72 bits per heavy atom. The summed E-state index contributed by atoms with van der Waals surface area (Å²) < 4.78 is 35.9. The van der Waals surface area contributed by atoms with Gasteiger partial charge in [0, 0.05) is 10.8 Å². The van der Waals surface area contributed by atoms with Crippen LogP contribution in [0.25, 0.3) is 0 Å². The van der Waals surface area contributed by atoms with Gasteiger partial charge in [-0.25, -0.2) is 0 Å². The predicted octanol–water partition coefficient (Wildman–Crippen LogP) is -1.06. The standard InChI is InChI=1S/C48H82O19/c1-21(9-13-31(45(4,5)61)66-43-40(37(58)34(55)27(20-51)64-43)67-42-39(60)36(57)33(54)26(19-50)63-42)22-15-16-46(6)28-12-10-23-24(48(28,8)29(52)17-47(22,46)7)11-14-30(44(23,2)3)65-41-38(59)35(56)32(53)25(18-49)62-41/h10,21-22,24-43,49-61H,9,11-20H2,1-8H3/t21-,22-,24-,25-,26-,27-,28-,29-,30+,31+,32-,33-,34-,35+,36+,37+,38-,39-,40-,41+,42+,43+,46+,47-,48+/m1/s1. The topological polar surface area (TPSA) is 318 Å². The SMILES string of the molecule is C[C@H](CC[C@H](O[C@@H]1O[C@H](CO)[C@@H](O)[C@H](O)[C@H]1O[C@@H]1O[C@H](CO)[C@@H](O)[C@H](O)[C@H]1O)C(C)(C)O)[C@H]1CC[C@@]2(C)[C@H]3CC=C4[C@@H](CC[C@H](O[C@@H]5O[C@H](CO)[C@@H](O)[C@H](O)[C@H]5O)C4(C)C)[C@]3(C)[C@H](O)C[C@]12C. The van der Waals surface area contributed by atoms with Gasteiger partial charge in [-0.3, -0.25) is 0 Å². The third kappa shape index (κ3) is 9.13. The summed E-state index contributed by atoms with van der Waals surface area (Å²) in [6, 6.07) is 0. The lowest BCUT2D eigenvalue weighted by atomic mass is 9.38. The van der Waals surface area contributed by atoms with Gasteiger partial charge in [-0.15, -0.1) is 0 Å². The van der Waals surface area contributed by atoms with Crippen molar-refractivity contribution in [3.63, 3.8) is 0 Å². The van der Waals surface area contributed by atoms with Crippen LogP contribution in [0.1, 0.15) is 107 Å². The molecular weight excluding hydrogens is 881 g/mol. The van der Waals surface area contributed by atoms with Crippen molar-refractivity contribution in [2.45, 2.75) is 223 Å². The molecule has 25 atom stereocenters. The van der Waals surface area contributed by atoms with E-state index in [-0.39, 0.29) is 34.5 Å². The Balaban J connectivity index is 1.06. The van der Waals surface area contributed by atoms with Crippen LogP contribution >= 0.6 is 0 Å². The van der Waals surface area contributed by atoms with E-state index in [2.05, 4.69) is 47.6 Å². The highest BCUT2D eigenvalue weighted by Crippen LogP contribution is 2.75. The molecule has 6 fully saturated rings. The van der Waals surface area contributed by atoms with Crippen molar-refractivity contribution in [2.75, 3.05) is 19.8 Å². The van der Waals surface area contributed by atoms with Gasteiger partial charge in [0.25, 0.3) is 0 Å². The van der Waals surface area contributed by atoms with E-state index in [9.17, 15) is 66.4 Å². The lowest BCUT2D eigenvalue weighted by molar-refractivity contribution is -0.375. The molecule has 7 rings (SSSR count). The van der Waals surface area contributed by atoms with Gasteiger partial charge < -0.3 is 94.8 Å². The summed E-state index contributed by atoms with van der Waals surface area (Å²) in [5.74, 6) is 0.476. The van der Waals surface area contributed by atoms with Crippen molar-refractivity contribution in [1.82, 2.24) is 0 Å². The van der Waals surface area contributed by atoms with Gasteiger partial charge in [0.05, 0.1) is 43.7 Å². The molecule has 19 heteroatoms. The van der Waals surface area contributed by atoms with Crippen LogP contribution in [0.15, 0.2) is 11.6 Å². The highest BCUT2D eigenvalue weighted by atomic mass is 16.8. The first-order chi connectivity index (χ1) is 31.2.